The molecule has 0 aliphatic rings. The number of hydrogen-bond donors (Lipinski definition) is 1. The number of carboxylic acid groups (broad SMARTS) is 1. The molecule has 1 atom stereocenters. The molecule has 2 heterocycles. The van der Waals surface area contributed by atoms with E-state index in [1.165, 1.54) is 0 Å². The van der Waals surface area contributed by atoms with Crippen LogP contribution in [0, 0.1) is 6.92 Å². The number of hydrogen-bond acceptors (Lipinski definition) is 3. The normalized spacial score (nSPS) is 11.8. The van der Waals surface area contributed by atoms with Crippen molar-refractivity contribution in [3.8, 4) is 0 Å². The third-order valence-corrected chi connectivity index (χ3v) is 2.70. The average Bonchev–Trinajstić information content (AvgIpc) is 2.67. The molecule has 5 nitrogen and oxygen atoms in total. The van der Waals surface area contributed by atoms with Gasteiger partial charge in [-0.25, -0.2) is 9.78 Å². The maximum atomic E-state index is 10.9. The fourth-order valence-electron chi connectivity index (χ4n) is 1.58. The van der Waals surface area contributed by atoms with Gasteiger partial charge in [0.2, 0.25) is 5.28 Å². The first kappa shape index (κ1) is 14.4. The van der Waals surface area contributed by atoms with Gasteiger partial charge < -0.3 is 9.67 Å². The van der Waals surface area contributed by atoms with Crippen molar-refractivity contribution in [1.82, 2.24) is 14.5 Å². The maximum Gasteiger partial charge on any atom is 0.326 e. The number of aryl methyl sites for hydroxylation is 1. The van der Waals surface area contributed by atoms with Crippen LogP contribution in [-0.2, 0) is 4.79 Å². The molecule has 0 amide bonds. The van der Waals surface area contributed by atoms with Crippen molar-refractivity contribution in [2.75, 3.05) is 0 Å². The van der Waals surface area contributed by atoms with Crippen LogP contribution in [0.2, 0.25) is 5.28 Å². The summed E-state index contributed by atoms with van der Waals surface area (Å²) in [5.74, 6) is -0.911. The van der Waals surface area contributed by atoms with E-state index in [-0.39, 0.29) is 5.28 Å². The van der Waals surface area contributed by atoms with Crippen LogP contribution in [0.15, 0.2) is 12.4 Å². The Morgan fingerprint density at radius 3 is 2.67 bits per heavy atom. The van der Waals surface area contributed by atoms with E-state index in [9.17, 15) is 4.79 Å². The van der Waals surface area contributed by atoms with Crippen LogP contribution in [0.25, 0.3) is 11.0 Å². The Balaban J connectivity index is 0.000000771. The molecule has 0 aliphatic heterocycles. The first-order valence-corrected chi connectivity index (χ1v) is 6.11. The fourth-order valence-corrected chi connectivity index (χ4v) is 1.71. The first-order valence-electron chi connectivity index (χ1n) is 5.73. The molecule has 18 heavy (non-hydrogen) atoms. The summed E-state index contributed by atoms with van der Waals surface area (Å²) < 4.78 is 1.58. The summed E-state index contributed by atoms with van der Waals surface area (Å²) in [6.45, 7) is 7.47. The molecule has 2 aromatic heterocycles. The van der Waals surface area contributed by atoms with Gasteiger partial charge in [0, 0.05) is 17.8 Å². The van der Waals surface area contributed by atoms with Crippen LogP contribution in [0.1, 0.15) is 32.4 Å². The topological polar surface area (TPSA) is 68.0 Å². The molecule has 2 rings (SSSR count). The molecule has 1 N–H and O–H groups in total. The van der Waals surface area contributed by atoms with Crippen LogP contribution in [0.5, 0.6) is 0 Å². The van der Waals surface area contributed by atoms with Crippen molar-refractivity contribution in [2.24, 2.45) is 0 Å². The monoisotopic (exact) mass is 269 g/mol. The van der Waals surface area contributed by atoms with Gasteiger partial charge in [-0.1, -0.05) is 13.8 Å². The molecule has 0 bridgehead atoms. The van der Waals surface area contributed by atoms with Crippen molar-refractivity contribution < 1.29 is 9.90 Å². The lowest BCUT2D eigenvalue weighted by molar-refractivity contribution is -0.140. The quantitative estimate of drug-likeness (QED) is 0.851. The van der Waals surface area contributed by atoms with Crippen molar-refractivity contribution in [3.63, 3.8) is 0 Å². The van der Waals surface area contributed by atoms with Crippen molar-refractivity contribution in [2.45, 2.75) is 33.7 Å². The second kappa shape index (κ2) is 5.82. The van der Waals surface area contributed by atoms with Gasteiger partial charge in [0.25, 0.3) is 0 Å². The van der Waals surface area contributed by atoms with E-state index < -0.39 is 12.0 Å². The van der Waals surface area contributed by atoms with E-state index in [4.69, 9.17) is 16.7 Å². The predicted octanol–water partition coefficient (Wildman–Crippen LogP) is 3.06. The van der Waals surface area contributed by atoms with Gasteiger partial charge in [-0.05, 0) is 31.0 Å². The van der Waals surface area contributed by atoms with Crippen LogP contribution in [0.3, 0.4) is 0 Å². The molecular weight excluding hydrogens is 254 g/mol. The molecule has 0 spiro atoms. The molecule has 0 saturated heterocycles. The van der Waals surface area contributed by atoms with Crippen molar-refractivity contribution in [3.05, 3.63) is 23.2 Å². The van der Waals surface area contributed by atoms with Gasteiger partial charge in [-0.2, -0.15) is 4.98 Å². The van der Waals surface area contributed by atoms with Crippen molar-refractivity contribution in [1.29, 1.82) is 0 Å². The largest absolute Gasteiger partial charge is 0.480 e. The molecule has 0 saturated carbocycles. The van der Waals surface area contributed by atoms with E-state index in [0.717, 1.165) is 10.9 Å². The Morgan fingerprint density at radius 2 is 2.11 bits per heavy atom. The molecule has 1 unspecified atom stereocenters. The molecule has 2 aromatic rings. The summed E-state index contributed by atoms with van der Waals surface area (Å²) in [7, 11) is 0. The highest BCUT2D eigenvalue weighted by molar-refractivity contribution is 6.28. The average molecular weight is 270 g/mol. The number of halogens is 1. The predicted molar refractivity (Wildman–Crippen MR) is 71.0 cm³/mol. The van der Waals surface area contributed by atoms with Gasteiger partial charge in [0.1, 0.15) is 11.7 Å². The Hall–Kier alpha value is -1.62. The van der Waals surface area contributed by atoms with Gasteiger partial charge in [-0.3, -0.25) is 0 Å². The van der Waals surface area contributed by atoms with Gasteiger partial charge in [0.05, 0.1) is 0 Å². The minimum Gasteiger partial charge on any atom is -0.480 e. The summed E-state index contributed by atoms with van der Waals surface area (Å²) in [6.07, 6.45) is 3.35. The molecule has 0 fully saturated rings. The number of carbonyl (C=O) groups is 1. The van der Waals surface area contributed by atoms with Gasteiger partial charge in [0.15, 0.2) is 0 Å². The minimum atomic E-state index is -0.911. The zero-order valence-corrected chi connectivity index (χ0v) is 11.6. The number of nitrogens with zero attached hydrogens (tertiary/aromatic N) is 3. The van der Waals surface area contributed by atoms with Gasteiger partial charge >= 0.3 is 5.97 Å². The highest BCUT2D eigenvalue weighted by atomic mass is 35.5. The van der Waals surface area contributed by atoms with Crippen LogP contribution in [0.4, 0.5) is 0 Å². The van der Waals surface area contributed by atoms with E-state index in [1.54, 1.807) is 23.9 Å². The number of aliphatic carboxylic acids is 1. The molecule has 0 radical (unpaired) electrons. The Bertz CT molecular complexity index is 566. The zero-order valence-electron chi connectivity index (χ0n) is 10.8. The number of fused-ring (bicyclic) bond motifs is 1. The summed E-state index contributed by atoms with van der Waals surface area (Å²) >= 11 is 5.70. The number of aromatic nitrogens is 3. The zero-order chi connectivity index (χ0) is 13.9. The second-order valence-corrected chi connectivity index (χ2v) is 3.95. The second-order valence-electron chi connectivity index (χ2n) is 3.61. The Kier molecular flexibility index (Phi) is 4.67. The number of carboxylic acids is 1. The van der Waals surface area contributed by atoms with Crippen LogP contribution >= 0.6 is 11.6 Å². The van der Waals surface area contributed by atoms with Crippen molar-refractivity contribution >= 4 is 28.6 Å². The lowest BCUT2D eigenvalue weighted by Gasteiger charge is -2.08. The molecule has 0 aliphatic carbocycles. The third kappa shape index (κ3) is 2.61. The van der Waals surface area contributed by atoms with Crippen LogP contribution < -0.4 is 0 Å². The fraction of sp³-hybridized carbons (Fsp3) is 0.417. The molecule has 0 aromatic carbocycles. The third-order valence-electron chi connectivity index (χ3n) is 2.52. The van der Waals surface area contributed by atoms with Gasteiger partial charge in [-0.15, -0.1) is 0 Å². The van der Waals surface area contributed by atoms with E-state index in [2.05, 4.69) is 9.97 Å². The molecular formula is C12H16ClN3O2. The lowest BCUT2D eigenvalue weighted by atomic mass is 10.3. The highest BCUT2D eigenvalue weighted by Crippen LogP contribution is 2.23. The summed E-state index contributed by atoms with van der Waals surface area (Å²) in [4.78, 5) is 18.9. The highest BCUT2D eigenvalue weighted by Gasteiger charge is 2.18. The first-order chi connectivity index (χ1) is 8.50. The Labute approximate surface area is 110 Å². The molecule has 6 heteroatoms. The maximum absolute atomic E-state index is 10.9. The summed E-state index contributed by atoms with van der Waals surface area (Å²) in [6, 6.07) is -0.679. The SMILES string of the molecule is CC.Cc1cn(C(C)C(=O)O)c2nc(Cl)ncc12. The summed E-state index contributed by atoms with van der Waals surface area (Å²) in [5.41, 5.74) is 1.48. The molecule has 98 valence electrons. The Morgan fingerprint density at radius 1 is 1.50 bits per heavy atom. The number of rotatable bonds is 2. The minimum absolute atomic E-state index is 0.115. The van der Waals surface area contributed by atoms with E-state index in [0.29, 0.717) is 5.65 Å². The lowest BCUT2D eigenvalue weighted by Crippen LogP contribution is -2.15. The summed E-state index contributed by atoms with van der Waals surface area (Å²) in [5, 5.41) is 9.91. The van der Waals surface area contributed by atoms with E-state index >= 15 is 0 Å². The van der Waals surface area contributed by atoms with Crippen LogP contribution in [-0.4, -0.2) is 25.6 Å². The standard InChI is InChI=1S/C10H10ClN3O2.C2H6/c1-5-4-14(6(2)9(15)16)8-7(5)3-12-10(11)13-8;1-2/h3-4,6H,1-2H3,(H,15,16);1-2H3. The van der Waals surface area contributed by atoms with E-state index in [1.807, 2.05) is 20.8 Å². The smallest absolute Gasteiger partial charge is 0.326 e.